The van der Waals surface area contributed by atoms with Crippen LogP contribution in [0.1, 0.15) is 65.7 Å². The molecule has 0 bridgehead atoms. The van der Waals surface area contributed by atoms with E-state index >= 15 is 0 Å². The van der Waals surface area contributed by atoms with E-state index in [0.29, 0.717) is 50.7 Å². The molecule has 1 rings (SSSR count). The first kappa shape index (κ1) is 28.3. The minimum atomic E-state index is -0.634. The van der Waals surface area contributed by atoms with Crippen LogP contribution in [0.25, 0.3) is 0 Å². The summed E-state index contributed by atoms with van der Waals surface area (Å²) in [6.45, 7) is 6.23. The summed E-state index contributed by atoms with van der Waals surface area (Å²) in [5.41, 5.74) is -0.326. The van der Waals surface area contributed by atoms with Gasteiger partial charge in [-0.1, -0.05) is 0 Å². The Morgan fingerprint density at radius 2 is 1.25 bits per heavy atom. The fraction of sp³-hybridized carbons (Fsp3) is 0.739. The molecular weight excluding hydrogens is 418 g/mol. The normalized spacial score (nSPS) is 15.7. The maximum atomic E-state index is 10.6. The zero-order valence-electron chi connectivity index (χ0n) is 19.4. The number of hydrogen-bond acceptors (Lipinski definition) is 8. The second-order valence-corrected chi connectivity index (χ2v) is 9.16. The summed E-state index contributed by atoms with van der Waals surface area (Å²) in [6.07, 6.45) is 0.415. The van der Waals surface area contributed by atoms with Crippen molar-refractivity contribution in [3.63, 3.8) is 0 Å². The van der Waals surface area contributed by atoms with E-state index in [1.165, 1.54) is 24.3 Å². The van der Waals surface area contributed by atoms with E-state index in [0.717, 1.165) is 0 Å². The monoisotopic (exact) mass is 457 g/mol. The first-order valence-corrected chi connectivity index (χ1v) is 11.2. The van der Waals surface area contributed by atoms with Crippen molar-refractivity contribution in [3.8, 4) is 5.75 Å². The third-order valence-electron chi connectivity index (χ3n) is 4.98. The average molecular weight is 458 g/mol. The largest absolute Gasteiger partial charge is 0.493 e. The predicted molar refractivity (Wildman–Crippen MR) is 121 cm³/mol. The van der Waals surface area contributed by atoms with Crippen LogP contribution in [0.2, 0.25) is 0 Å². The van der Waals surface area contributed by atoms with Crippen molar-refractivity contribution in [1.82, 2.24) is 0 Å². The van der Waals surface area contributed by atoms with Crippen LogP contribution in [-0.4, -0.2) is 68.6 Å². The Hall–Kier alpha value is -1.78. The smallest absolute Gasteiger partial charge is 0.269 e. The van der Waals surface area contributed by atoms with Gasteiger partial charge in [0.2, 0.25) is 0 Å². The van der Waals surface area contributed by atoms with Crippen LogP contribution in [0, 0.1) is 10.1 Å². The van der Waals surface area contributed by atoms with Crippen LogP contribution in [0.3, 0.4) is 0 Å². The molecule has 0 saturated heterocycles. The summed E-state index contributed by atoms with van der Waals surface area (Å²) >= 11 is 0. The second-order valence-electron chi connectivity index (χ2n) is 9.16. The molecule has 0 spiro atoms. The molecule has 4 N–H and O–H groups in total. The fourth-order valence-electron chi connectivity index (χ4n) is 2.99. The van der Waals surface area contributed by atoms with Gasteiger partial charge in [0.05, 0.1) is 48.2 Å². The maximum Gasteiger partial charge on any atom is 0.269 e. The summed E-state index contributed by atoms with van der Waals surface area (Å²) < 4.78 is 11.0. The zero-order chi connectivity index (χ0) is 24.1. The van der Waals surface area contributed by atoms with Gasteiger partial charge in [-0.15, -0.1) is 0 Å². The molecule has 184 valence electrons. The molecular formula is C23H39NO8. The maximum absolute atomic E-state index is 10.6. The quantitative estimate of drug-likeness (QED) is 0.219. The van der Waals surface area contributed by atoms with Gasteiger partial charge < -0.3 is 29.9 Å². The summed E-state index contributed by atoms with van der Waals surface area (Å²) in [4.78, 5) is 10.1. The van der Waals surface area contributed by atoms with Crippen molar-refractivity contribution in [2.24, 2.45) is 0 Å². The van der Waals surface area contributed by atoms with Crippen molar-refractivity contribution in [2.45, 2.75) is 95.7 Å². The topological polar surface area (TPSA) is 143 Å². The van der Waals surface area contributed by atoms with E-state index < -0.39 is 29.3 Å². The molecule has 4 unspecified atom stereocenters. The minimum Gasteiger partial charge on any atom is -0.493 e. The van der Waals surface area contributed by atoms with Gasteiger partial charge in [-0.3, -0.25) is 10.1 Å². The van der Waals surface area contributed by atoms with Crippen LogP contribution in [0.4, 0.5) is 5.69 Å². The summed E-state index contributed by atoms with van der Waals surface area (Å²) in [5, 5.41) is 50.7. The highest BCUT2D eigenvalue weighted by Crippen LogP contribution is 2.18. The summed E-state index contributed by atoms with van der Waals surface area (Å²) in [5.74, 6) is 0.493. The number of nitrogens with zero attached hydrogens (tertiary/aromatic N) is 1. The zero-order valence-corrected chi connectivity index (χ0v) is 19.4. The Morgan fingerprint density at radius 1 is 0.812 bits per heavy atom. The molecule has 1 aromatic carbocycles. The standard InChI is InChI=1S/C23H39NO8/c1-23(2,3)32-16-21(28)11-10-19(26)7-6-18(25)8-9-20(27)14-15-31-22-12-4-17(5-13-22)24(29)30/h4-5,12-13,18-21,25-28H,6-11,14-16H2,1-3H3. The molecule has 0 radical (unpaired) electrons. The van der Waals surface area contributed by atoms with Crippen LogP contribution in [0.5, 0.6) is 5.75 Å². The first-order valence-electron chi connectivity index (χ1n) is 11.2. The lowest BCUT2D eigenvalue weighted by atomic mass is 10.0. The number of aliphatic hydroxyl groups excluding tert-OH is 4. The SMILES string of the molecule is CC(C)(C)OCC(O)CCC(O)CCC(O)CCC(O)CCOc1ccc([N+](=O)[O-])cc1. The lowest BCUT2D eigenvalue weighted by Gasteiger charge is -2.22. The van der Waals surface area contributed by atoms with E-state index in [9.17, 15) is 30.5 Å². The van der Waals surface area contributed by atoms with Gasteiger partial charge in [0, 0.05) is 18.6 Å². The number of nitro groups is 1. The number of benzene rings is 1. The van der Waals surface area contributed by atoms with Gasteiger partial charge in [0.1, 0.15) is 5.75 Å². The molecule has 32 heavy (non-hydrogen) atoms. The highest BCUT2D eigenvalue weighted by Gasteiger charge is 2.16. The van der Waals surface area contributed by atoms with E-state index in [-0.39, 0.29) is 24.5 Å². The number of ether oxygens (including phenoxy) is 2. The molecule has 0 fully saturated rings. The van der Waals surface area contributed by atoms with E-state index in [2.05, 4.69) is 0 Å². The molecule has 0 saturated carbocycles. The molecule has 0 aromatic heterocycles. The van der Waals surface area contributed by atoms with Crippen LogP contribution >= 0.6 is 0 Å². The molecule has 9 nitrogen and oxygen atoms in total. The molecule has 9 heteroatoms. The van der Waals surface area contributed by atoms with E-state index in [4.69, 9.17) is 9.47 Å². The van der Waals surface area contributed by atoms with Gasteiger partial charge in [0.15, 0.2) is 0 Å². The predicted octanol–water partition coefficient (Wildman–Crippen LogP) is 2.96. The number of hydrogen-bond donors (Lipinski definition) is 4. The Kier molecular flexibility index (Phi) is 12.7. The van der Waals surface area contributed by atoms with Gasteiger partial charge >= 0.3 is 0 Å². The number of aliphatic hydroxyl groups is 4. The third-order valence-corrected chi connectivity index (χ3v) is 4.98. The fourth-order valence-corrected chi connectivity index (χ4v) is 2.99. The van der Waals surface area contributed by atoms with Crippen molar-refractivity contribution < 1.29 is 34.8 Å². The second kappa shape index (κ2) is 14.4. The number of non-ortho nitro benzene ring substituents is 1. The lowest BCUT2D eigenvalue weighted by Crippen LogP contribution is -2.27. The molecule has 0 amide bonds. The summed E-state index contributed by atoms with van der Waals surface area (Å²) in [6, 6.07) is 5.74. The van der Waals surface area contributed by atoms with Gasteiger partial charge in [0.25, 0.3) is 5.69 Å². The van der Waals surface area contributed by atoms with Crippen molar-refractivity contribution in [1.29, 1.82) is 0 Å². The van der Waals surface area contributed by atoms with E-state index in [1.54, 1.807) is 0 Å². The highest BCUT2D eigenvalue weighted by atomic mass is 16.6. The Labute approximate surface area is 190 Å². The van der Waals surface area contributed by atoms with Gasteiger partial charge in [-0.25, -0.2) is 0 Å². The molecule has 4 atom stereocenters. The molecule has 1 aromatic rings. The summed E-state index contributed by atoms with van der Waals surface area (Å²) in [7, 11) is 0. The molecule has 0 aliphatic carbocycles. The molecule has 0 heterocycles. The highest BCUT2D eigenvalue weighted by molar-refractivity contribution is 5.35. The van der Waals surface area contributed by atoms with Gasteiger partial charge in [-0.05, 0) is 71.4 Å². The molecule has 0 aliphatic rings. The third kappa shape index (κ3) is 13.6. The minimum absolute atomic E-state index is 0.0118. The average Bonchev–Trinajstić information content (AvgIpc) is 2.73. The van der Waals surface area contributed by atoms with Crippen LogP contribution in [0.15, 0.2) is 24.3 Å². The number of rotatable bonds is 16. The van der Waals surface area contributed by atoms with E-state index in [1.807, 2.05) is 20.8 Å². The van der Waals surface area contributed by atoms with Crippen molar-refractivity contribution in [2.75, 3.05) is 13.2 Å². The Balaban J connectivity index is 2.12. The lowest BCUT2D eigenvalue weighted by molar-refractivity contribution is -0.384. The van der Waals surface area contributed by atoms with Crippen molar-refractivity contribution >= 4 is 5.69 Å². The Bertz CT molecular complexity index is 646. The number of nitro benzene ring substituents is 1. The Morgan fingerprint density at radius 3 is 1.69 bits per heavy atom. The molecule has 0 aliphatic heterocycles. The van der Waals surface area contributed by atoms with Gasteiger partial charge in [-0.2, -0.15) is 0 Å². The van der Waals surface area contributed by atoms with Crippen LogP contribution in [-0.2, 0) is 4.74 Å². The van der Waals surface area contributed by atoms with Crippen molar-refractivity contribution in [3.05, 3.63) is 34.4 Å². The van der Waals surface area contributed by atoms with Crippen LogP contribution < -0.4 is 4.74 Å². The first-order chi connectivity index (χ1) is 15.0.